The first-order valence-corrected chi connectivity index (χ1v) is 6.55. The van der Waals surface area contributed by atoms with E-state index in [0.29, 0.717) is 5.33 Å². The number of benzene rings is 1. The van der Waals surface area contributed by atoms with Crippen molar-refractivity contribution in [2.45, 2.75) is 12.3 Å². The molecular formula is C12H10BrFS. The summed E-state index contributed by atoms with van der Waals surface area (Å²) in [5.74, 6) is -0.179. The Morgan fingerprint density at radius 3 is 2.67 bits per heavy atom. The smallest absolute Gasteiger partial charge is 0.123 e. The van der Waals surface area contributed by atoms with Gasteiger partial charge in [0.1, 0.15) is 5.82 Å². The van der Waals surface area contributed by atoms with Crippen molar-refractivity contribution in [3.8, 4) is 10.4 Å². The predicted octanol–water partition coefficient (Wildman–Crippen LogP) is 4.76. The van der Waals surface area contributed by atoms with Crippen LogP contribution < -0.4 is 0 Å². The van der Waals surface area contributed by atoms with E-state index in [4.69, 9.17) is 0 Å². The maximum atomic E-state index is 13.0. The van der Waals surface area contributed by atoms with Crippen molar-refractivity contribution < 1.29 is 4.39 Å². The molecule has 0 saturated carbocycles. The molecule has 78 valence electrons. The Morgan fingerprint density at radius 1 is 1.27 bits per heavy atom. The number of halogens is 2. The molecule has 0 aliphatic rings. The monoisotopic (exact) mass is 284 g/mol. The fraction of sp³-hybridized carbons (Fsp3) is 0.167. The van der Waals surface area contributed by atoms with Gasteiger partial charge in [-0.25, -0.2) is 4.39 Å². The largest absolute Gasteiger partial charge is 0.207 e. The molecule has 3 heteroatoms. The lowest BCUT2D eigenvalue weighted by Gasteiger charge is -2.04. The third-order valence-corrected chi connectivity index (χ3v) is 3.86. The number of hydrogen-bond acceptors (Lipinski definition) is 1. The van der Waals surface area contributed by atoms with Crippen LogP contribution in [-0.2, 0) is 5.33 Å². The normalized spacial score (nSPS) is 10.6. The predicted molar refractivity (Wildman–Crippen MR) is 67.1 cm³/mol. The van der Waals surface area contributed by atoms with Gasteiger partial charge in [0.25, 0.3) is 0 Å². The van der Waals surface area contributed by atoms with E-state index in [1.807, 2.05) is 6.07 Å². The van der Waals surface area contributed by atoms with Crippen molar-refractivity contribution in [1.29, 1.82) is 0 Å². The first-order valence-electron chi connectivity index (χ1n) is 4.62. The molecule has 2 aromatic rings. The minimum absolute atomic E-state index is 0.179. The van der Waals surface area contributed by atoms with Crippen molar-refractivity contribution >= 4 is 27.3 Å². The van der Waals surface area contributed by atoms with E-state index in [-0.39, 0.29) is 5.82 Å². The fourth-order valence-corrected chi connectivity index (χ4v) is 2.88. The molecule has 0 amide bonds. The zero-order chi connectivity index (χ0) is 10.8. The second kappa shape index (κ2) is 4.45. The standard InChI is InChI=1S/C12H10BrFS/c1-8-2-5-12(15-8)11-4-3-10(14)6-9(11)7-13/h2-6H,7H2,1H3. The summed E-state index contributed by atoms with van der Waals surface area (Å²) in [6.07, 6.45) is 0. The van der Waals surface area contributed by atoms with Crippen molar-refractivity contribution in [1.82, 2.24) is 0 Å². The molecule has 0 bridgehead atoms. The highest BCUT2D eigenvalue weighted by Gasteiger charge is 2.07. The van der Waals surface area contributed by atoms with Crippen LogP contribution in [0, 0.1) is 12.7 Å². The summed E-state index contributed by atoms with van der Waals surface area (Å²) in [6, 6.07) is 9.10. The van der Waals surface area contributed by atoms with Gasteiger partial charge in [-0.3, -0.25) is 0 Å². The van der Waals surface area contributed by atoms with Crippen molar-refractivity contribution in [2.75, 3.05) is 0 Å². The van der Waals surface area contributed by atoms with Crippen LogP contribution in [0.3, 0.4) is 0 Å². The van der Waals surface area contributed by atoms with E-state index in [0.717, 1.165) is 11.1 Å². The molecule has 0 radical (unpaired) electrons. The van der Waals surface area contributed by atoms with Crippen LogP contribution in [-0.4, -0.2) is 0 Å². The van der Waals surface area contributed by atoms with Crippen LogP contribution in [0.4, 0.5) is 4.39 Å². The van der Waals surface area contributed by atoms with E-state index in [1.54, 1.807) is 17.4 Å². The highest BCUT2D eigenvalue weighted by atomic mass is 79.9. The van der Waals surface area contributed by atoms with Gasteiger partial charge in [-0.1, -0.05) is 22.0 Å². The molecule has 0 fully saturated rings. The number of alkyl halides is 1. The van der Waals surface area contributed by atoms with E-state index in [1.165, 1.54) is 15.8 Å². The lowest BCUT2D eigenvalue weighted by atomic mass is 10.1. The van der Waals surface area contributed by atoms with Crippen LogP contribution in [0.15, 0.2) is 30.3 Å². The second-order valence-electron chi connectivity index (χ2n) is 3.35. The molecule has 1 heterocycles. The quantitative estimate of drug-likeness (QED) is 0.698. The third-order valence-electron chi connectivity index (χ3n) is 2.22. The number of thiophene rings is 1. The van der Waals surface area contributed by atoms with Gasteiger partial charge in [0.05, 0.1) is 0 Å². The van der Waals surface area contributed by atoms with Crippen molar-refractivity contribution in [3.63, 3.8) is 0 Å². The van der Waals surface area contributed by atoms with E-state index in [9.17, 15) is 4.39 Å². The van der Waals surface area contributed by atoms with Crippen LogP contribution in [0.5, 0.6) is 0 Å². The number of aryl methyl sites for hydroxylation is 1. The summed E-state index contributed by atoms with van der Waals surface area (Å²) in [7, 11) is 0. The summed E-state index contributed by atoms with van der Waals surface area (Å²) in [5.41, 5.74) is 2.11. The third kappa shape index (κ3) is 2.29. The van der Waals surface area contributed by atoms with Gasteiger partial charge in [-0.05, 0) is 42.3 Å². The summed E-state index contributed by atoms with van der Waals surface area (Å²) in [5, 5.41) is 0.678. The van der Waals surface area contributed by atoms with Crippen LogP contribution >= 0.6 is 27.3 Å². The summed E-state index contributed by atoms with van der Waals surface area (Å²) in [4.78, 5) is 2.47. The molecular weight excluding hydrogens is 275 g/mol. The molecule has 0 aliphatic heterocycles. The van der Waals surface area contributed by atoms with Gasteiger partial charge < -0.3 is 0 Å². The van der Waals surface area contributed by atoms with E-state index in [2.05, 4.69) is 35.0 Å². The van der Waals surface area contributed by atoms with Crippen LogP contribution in [0.25, 0.3) is 10.4 Å². The summed E-state index contributed by atoms with van der Waals surface area (Å²) in [6.45, 7) is 2.07. The first kappa shape index (κ1) is 10.8. The number of rotatable bonds is 2. The molecule has 0 unspecified atom stereocenters. The van der Waals surface area contributed by atoms with Crippen LogP contribution in [0.2, 0.25) is 0 Å². The Hall–Kier alpha value is -0.670. The maximum Gasteiger partial charge on any atom is 0.123 e. The Labute approximate surface area is 101 Å². The Kier molecular flexibility index (Phi) is 3.22. The molecule has 0 nitrogen and oxygen atoms in total. The van der Waals surface area contributed by atoms with Gasteiger partial charge in [-0.2, -0.15) is 0 Å². The molecule has 0 spiro atoms. The Morgan fingerprint density at radius 2 is 2.07 bits per heavy atom. The summed E-state index contributed by atoms with van der Waals surface area (Å²) < 4.78 is 13.0. The maximum absolute atomic E-state index is 13.0. The highest BCUT2D eigenvalue weighted by Crippen LogP contribution is 2.31. The lowest BCUT2D eigenvalue weighted by Crippen LogP contribution is -1.85. The molecule has 0 atom stereocenters. The Balaban J connectivity index is 2.52. The van der Waals surface area contributed by atoms with Gasteiger partial charge in [0.15, 0.2) is 0 Å². The van der Waals surface area contributed by atoms with E-state index >= 15 is 0 Å². The minimum Gasteiger partial charge on any atom is -0.207 e. The molecule has 1 aromatic heterocycles. The summed E-state index contributed by atoms with van der Waals surface area (Å²) >= 11 is 5.12. The highest BCUT2D eigenvalue weighted by molar-refractivity contribution is 9.08. The molecule has 1 aromatic carbocycles. The average molecular weight is 285 g/mol. The fourth-order valence-electron chi connectivity index (χ4n) is 1.49. The van der Waals surface area contributed by atoms with Gasteiger partial charge in [0, 0.05) is 15.1 Å². The minimum atomic E-state index is -0.179. The number of hydrogen-bond donors (Lipinski definition) is 0. The first-order chi connectivity index (χ1) is 7.20. The zero-order valence-corrected chi connectivity index (χ0v) is 10.7. The SMILES string of the molecule is Cc1ccc(-c2ccc(F)cc2CBr)s1. The van der Waals surface area contributed by atoms with Crippen LogP contribution in [0.1, 0.15) is 10.4 Å². The van der Waals surface area contributed by atoms with Crippen molar-refractivity contribution in [3.05, 3.63) is 46.6 Å². The second-order valence-corrected chi connectivity index (χ2v) is 5.19. The van der Waals surface area contributed by atoms with Gasteiger partial charge >= 0.3 is 0 Å². The average Bonchev–Trinajstić information content (AvgIpc) is 2.64. The Bertz CT molecular complexity index is 476. The topological polar surface area (TPSA) is 0 Å². The van der Waals surface area contributed by atoms with E-state index < -0.39 is 0 Å². The molecule has 15 heavy (non-hydrogen) atoms. The lowest BCUT2D eigenvalue weighted by molar-refractivity contribution is 0.627. The molecule has 2 rings (SSSR count). The van der Waals surface area contributed by atoms with Gasteiger partial charge in [0.2, 0.25) is 0 Å². The van der Waals surface area contributed by atoms with Crippen molar-refractivity contribution in [2.24, 2.45) is 0 Å². The molecule has 0 aliphatic carbocycles. The molecule has 0 N–H and O–H groups in total. The zero-order valence-electron chi connectivity index (χ0n) is 8.26. The van der Waals surface area contributed by atoms with Gasteiger partial charge in [-0.15, -0.1) is 11.3 Å². The molecule has 0 saturated heterocycles.